The zero-order valence-corrected chi connectivity index (χ0v) is 24.2. The lowest BCUT2D eigenvalue weighted by Gasteiger charge is -2.30. The largest absolute Gasteiger partial charge is 0.493 e. The van der Waals surface area contributed by atoms with Crippen LogP contribution in [0.5, 0.6) is 11.5 Å². The normalized spacial score (nSPS) is 18.8. The van der Waals surface area contributed by atoms with Gasteiger partial charge in [0, 0.05) is 36.8 Å². The van der Waals surface area contributed by atoms with Crippen molar-refractivity contribution in [2.75, 3.05) is 45.3 Å². The van der Waals surface area contributed by atoms with Crippen LogP contribution in [0.1, 0.15) is 32.3 Å². The van der Waals surface area contributed by atoms with E-state index in [1.54, 1.807) is 43.1 Å². The monoisotopic (exact) mass is 561 g/mol. The van der Waals surface area contributed by atoms with E-state index in [0.717, 1.165) is 42.4 Å². The molecule has 2 fully saturated rings. The van der Waals surface area contributed by atoms with Crippen molar-refractivity contribution in [1.29, 1.82) is 0 Å². The van der Waals surface area contributed by atoms with Crippen molar-refractivity contribution in [3.05, 3.63) is 60.3 Å². The molecule has 2 aliphatic heterocycles. The molecule has 5 rings (SSSR count). The summed E-state index contributed by atoms with van der Waals surface area (Å²) in [4.78, 5) is 36.9. The molecule has 1 aromatic heterocycles. The standard InChI is InChI=1S/C31H39N5O5/c1-31(2)29(38)36(30(39)35(31)19-21-11-14-32-26-8-6-5-7-25(21)26)23-9-10-27(40-4)28(17-23)41-20-24(37)18-33-22-12-15-34(3)16-13-22/h5-11,14,17,22,24,33,37H,12-13,15-16,18-20H2,1-4H3. The van der Waals surface area contributed by atoms with E-state index in [4.69, 9.17) is 9.47 Å². The molecule has 218 valence electrons. The molecule has 2 aromatic carbocycles. The van der Waals surface area contributed by atoms with Gasteiger partial charge in [0.25, 0.3) is 5.91 Å². The number of anilines is 1. The Balaban J connectivity index is 1.30. The lowest BCUT2D eigenvalue weighted by Crippen LogP contribution is -2.44. The number of fused-ring (bicyclic) bond motifs is 1. The fourth-order valence-electron chi connectivity index (χ4n) is 5.47. The summed E-state index contributed by atoms with van der Waals surface area (Å²) in [6.07, 6.45) is 3.07. The van der Waals surface area contributed by atoms with Crippen molar-refractivity contribution in [3.8, 4) is 11.5 Å². The number of ether oxygens (including phenoxy) is 2. The van der Waals surface area contributed by atoms with Crippen LogP contribution in [0.4, 0.5) is 10.5 Å². The molecule has 0 spiro atoms. The molecule has 0 saturated carbocycles. The first-order valence-electron chi connectivity index (χ1n) is 14.1. The predicted molar refractivity (Wildman–Crippen MR) is 157 cm³/mol. The molecule has 10 heteroatoms. The second-order valence-corrected chi connectivity index (χ2v) is 11.3. The number of amides is 3. The van der Waals surface area contributed by atoms with Gasteiger partial charge in [-0.1, -0.05) is 18.2 Å². The minimum Gasteiger partial charge on any atom is -0.493 e. The molecule has 2 aliphatic rings. The number of urea groups is 1. The van der Waals surface area contributed by atoms with E-state index in [0.29, 0.717) is 29.8 Å². The highest BCUT2D eigenvalue weighted by Crippen LogP contribution is 2.38. The van der Waals surface area contributed by atoms with E-state index in [-0.39, 0.29) is 19.1 Å². The number of nitrogens with zero attached hydrogens (tertiary/aromatic N) is 4. The van der Waals surface area contributed by atoms with Crippen molar-refractivity contribution in [2.24, 2.45) is 0 Å². The Hall–Kier alpha value is -3.73. The molecule has 3 amide bonds. The SMILES string of the molecule is COc1ccc(N2C(=O)N(Cc3ccnc4ccccc34)C(C)(C)C2=O)cc1OCC(O)CNC1CCN(C)CC1. The van der Waals surface area contributed by atoms with Crippen LogP contribution in [0.3, 0.4) is 0 Å². The van der Waals surface area contributed by atoms with Crippen molar-refractivity contribution >= 4 is 28.5 Å². The molecule has 2 saturated heterocycles. The number of rotatable bonds is 10. The number of aliphatic hydroxyl groups is 1. The van der Waals surface area contributed by atoms with Gasteiger partial charge in [-0.2, -0.15) is 0 Å². The van der Waals surface area contributed by atoms with E-state index in [9.17, 15) is 14.7 Å². The van der Waals surface area contributed by atoms with Crippen LogP contribution < -0.4 is 19.7 Å². The van der Waals surface area contributed by atoms with Crippen LogP contribution in [-0.2, 0) is 11.3 Å². The van der Waals surface area contributed by atoms with Crippen LogP contribution in [0.2, 0.25) is 0 Å². The number of carbonyl (C=O) groups excluding carboxylic acids is 2. The van der Waals surface area contributed by atoms with Crippen LogP contribution >= 0.6 is 0 Å². The molecule has 0 aliphatic carbocycles. The number of piperidine rings is 1. The van der Waals surface area contributed by atoms with Crippen LogP contribution in [0.15, 0.2) is 54.7 Å². The van der Waals surface area contributed by atoms with Gasteiger partial charge in [0.1, 0.15) is 18.2 Å². The quantitative estimate of drug-likeness (QED) is 0.363. The topological polar surface area (TPSA) is 107 Å². The van der Waals surface area contributed by atoms with Gasteiger partial charge in [0.15, 0.2) is 11.5 Å². The fourth-order valence-corrected chi connectivity index (χ4v) is 5.47. The maximum atomic E-state index is 13.8. The fraction of sp³-hybridized carbons (Fsp3) is 0.452. The highest BCUT2D eigenvalue weighted by atomic mass is 16.5. The Kier molecular flexibility index (Phi) is 8.44. The average Bonchev–Trinajstić information content (AvgIpc) is 3.14. The molecule has 0 radical (unpaired) electrons. The van der Waals surface area contributed by atoms with Gasteiger partial charge in [0.05, 0.1) is 18.3 Å². The molecule has 2 N–H and O–H groups in total. The van der Waals surface area contributed by atoms with Crippen LogP contribution in [0.25, 0.3) is 10.9 Å². The molecule has 10 nitrogen and oxygen atoms in total. The van der Waals surface area contributed by atoms with Crippen molar-refractivity contribution in [1.82, 2.24) is 20.1 Å². The zero-order valence-electron chi connectivity index (χ0n) is 24.2. The summed E-state index contributed by atoms with van der Waals surface area (Å²) in [5.41, 5.74) is 1.05. The number of imide groups is 1. The first kappa shape index (κ1) is 28.8. The van der Waals surface area contributed by atoms with Gasteiger partial charge in [-0.05, 0) is 76.7 Å². The van der Waals surface area contributed by atoms with E-state index < -0.39 is 17.7 Å². The Morgan fingerprint density at radius 2 is 1.85 bits per heavy atom. The second-order valence-electron chi connectivity index (χ2n) is 11.3. The number of hydrogen-bond donors (Lipinski definition) is 2. The van der Waals surface area contributed by atoms with Gasteiger partial charge in [0.2, 0.25) is 0 Å². The minimum atomic E-state index is -1.07. The molecule has 3 heterocycles. The minimum absolute atomic E-state index is 0.0358. The number of pyridine rings is 1. The Labute approximate surface area is 240 Å². The summed E-state index contributed by atoms with van der Waals surface area (Å²) in [6, 6.07) is 14.5. The maximum absolute atomic E-state index is 13.8. The molecule has 1 atom stereocenters. The zero-order chi connectivity index (χ0) is 29.1. The number of carbonyl (C=O) groups is 2. The smallest absolute Gasteiger partial charge is 0.332 e. The first-order valence-corrected chi connectivity index (χ1v) is 14.1. The maximum Gasteiger partial charge on any atom is 0.332 e. The number of para-hydroxylation sites is 1. The van der Waals surface area contributed by atoms with Gasteiger partial charge < -0.3 is 29.7 Å². The average molecular weight is 562 g/mol. The summed E-state index contributed by atoms with van der Waals surface area (Å²) >= 11 is 0. The number of methoxy groups -OCH3 is 1. The lowest BCUT2D eigenvalue weighted by atomic mass is 10.0. The summed E-state index contributed by atoms with van der Waals surface area (Å²) in [5.74, 6) is 0.461. The second kappa shape index (κ2) is 12.0. The molecular formula is C31H39N5O5. The highest BCUT2D eigenvalue weighted by molar-refractivity contribution is 6.23. The number of aromatic nitrogens is 1. The summed E-state index contributed by atoms with van der Waals surface area (Å²) in [5, 5.41) is 14.9. The number of nitrogens with one attached hydrogen (secondary N) is 1. The molecule has 3 aromatic rings. The molecular weight excluding hydrogens is 522 g/mol. The van der Waals surface area contributed by atoms with Gasteiger partial charge in [-0.15, -0.1) is 0 Å². The molecule has 1 unspecified atom stereocenters. The predicted octanol–water partition coefficient (Wildman–Crippen LogP) is 3.41. The number of aliphatic hydroxyl groups excluding tert-OH is 1. The van der Waals surface area contributed by atoms with Gasteiger partial charge in [-0.3, -0.25) is 9.78 Å². The number of likely N-dealkylation sites (tertiary alicyclic amines) is 1. The van der Waals surface area contributed by atoms with E-state index >= 15 is 0 Å². The third-order valence-corrected chi connectivity index (χ3v) is 8.09. The summed E-state index contributed by atoms with van der Waals surface area (Å²) in [6.45, 7) is 6.29. The van der Waals surface area contributed by atoms with E-state index in [1.807, 2.05) is 30.3 Å². The summed E-state index contributed by atoms with van der Waals surface area (Å²) < 4.78 is 11.4. The van der Waals surface area contributed by atoms with Crippen LogP contribution in [-0.4, -0.2) is 89.9 Å². The summed E-state index contributed by atoms with van der Waals surface area (Å²) in [7, 11) is 3.64. The Bertz CT molecular complexity index is 1400. The van der Waals surface area contributed by atoms with Crippen molar-refractivity contribution in [3.63, 3.8) is 0 Å². The van der Waals surface area contributed by atoms with Crippen molar-refractivity contribution < 1.29 is 24.2 Å². The van der Waals surface area contributed by atoms with Crippen LogP contribution in [0, 0.1) is 0 Å². The van der Waals surface area contributed by atoms with E-state index in [1.165, 1.54) is 12.0 Å². The Morgan fingerprint density at radius 1 is 1.10 bits per heavy atom. The van der Waals surface area contributed by atoms with Crippen molar-refractivity contribution in [2.45, 2.75) is 50.9 Å². The third-order valence-electron chi connectivity index (χ3n) is 8.09. The van der Waals surface area contributed by atoms with Gasteiger partial charge >= 0.3 is 6.03 Å². The highest BCUT2D eigenvalue weighted by Gasteiger charge is 2.52. The number of hydrogen-bond acceptors (Lipinski definition) is 8. The third kappa shape index (κ3) is 6.00. The Morgan fingerprint density at radius 3 is 2.61 bits per heavy atom. The molecule has 0 bridgehead atoms. The molecule has 41 heavy (non-hydrogen) atoms. The number of benzene rings is 2. The van der Waals surface area contributed by atoms with E-state index in [2.05, 4.69) is 22.2 Å². The lowest BCUT2D eigenvalue weighted by molar-refractivity contribution is -0.123. The first-order chi connectivity index (χ1) is 19.7. The van der Waals surface area contributed by atoms with Gasteiger partial charge in [-0.25, -0.2) is 9.69 Å².